The molecule has 3 aromatic rings. The Hall–Kier alpha value is -3.13. The van der Waals surface area contributed by atoms with Crippen LogP contribution in [0.5, 0.6) is 0 Å². The van der Waals surface area contributed by atoms with Gasteiger partial charge >= 0.3 is 0 Å². The average molecular weight is 407 g/mol. The molecule has 0 unspecified atom stereocenters. The van der Waals surface area contributed by atoms with E-state index < -0.39 is 5.91 Å². The van der Waals surface area contributed by atoms with Gasteiger partial charge in [-0.1, -0.05) is 30.0 Å². The third-order valence-corrected chi connectivity index (χ3v) is 5.60. The Labute approximate surface area is 172 Å². The lowest BCUT2D eigenvalue weighted by atomic mass is 10.2. The number of anilines is 1. The molecule has 1 aliphatic carbocycles. The summed E-state index contributed by atoms with van der Waals surface area (Å²) in [4.78, 5) is 28.4. The third kappa shape index (κ3) is 4.48. The number of amides is 2. The zero-order valence-corrected chi connectivity index (χ0v) is 16.7. The van der Waals surface area contributed by atoms with Gasteiger partial charge in [0, 0.05) is 17.2 Å². The van der Waals surface area contributed by atoms with E-state index in [2.05, 4.69) is 10.4 Å². The van der Waals surface area contributed by atoms with Crippen molar-refractivity contribution in [3.05, 3.63) is 66.0 Å². The molecule has 7 nitrogen and oxygen atoms in total. The van der Waals surface area contributed by atoms with Crippen molar-refractivity contribution in [2.24, 2.45) is 5.73 Å². The second kappa shape index (κ2) is 8.08. The first-order valence-corrected chi connectivity index (χ1v) is 10.3. The molecular weight excluding hydrogens is 386 g/mol. The number of rotatable bonds is 7. The van der Waals surface area contributed by atoms with Gasteiger partial charge in [-0.05, 0) is 56.2 Å². The van der Waals surface area contributed by atoms with Crippen molar-refractivity contribution in [1.29, 1.82) is 0 Å². The average Bonchev–Trinajstić information content (AvgIpc) is 3.49. The maximum absolute atomic E-state index is 12.6. The second-order valence-electron chi connectivity index (χ2n) is 6.97. The van der Waals surface area contributed by atoms with Gasteiger partial charge in [-0.3, -0.25) is 9.59 Å². The van der Waals surface area contributed by atoms with E-state index in [0.29, 0.717) is 22.3 Å². The normalized spacial score (nSPS) is 14.4. The summed E-state index contributed by atoms with van der Waals surface area (Å²) in [6, 6.07) is 16.4. The molecule has 0 aliphatic heterocycles. The Morgan fingerprint density at radius 2 is 1.83 bits per heavy atom. The number of benzene rings is 2. The van der Waals surface area contributed by atoms with Crippen molar-refractivity contribution in [1.82, 2.24) is 14.8 Å². The molecule has 148 valence electrons. The monoisotopic (exact) mass is 407 g/mol. The van der Waals surface area contributed by atoms with Crippen LogP contribution in [0, 0.1) is 0 Å². The number of hydrogen-bond acceptors (Lipinski definition) is 5. The molecule has 0 saturated heterocycles. The molecule has 4 rings (SSSR count). The van der Waals surface area contributed by atoms with Gasteiger partial charge in [0.2, 0.25) is 17.0 Å². The number of carbonyl (C=O) groups is 2. The predicted molar refractivity (Wildman–Crippen MR) is 112 cm³/mol. The maximum atomic E-state index is 12.6. The lowest BCUT2D eigenvalue weighted by molar-refractivity contribution is -0.115. The zero-order valence-electron chi connectivity index (χ0n) is 15.9. The van der Waals surface area contributed by atoms with Gasteiger partial charge in [-0.15, -0.1) is 5.10 Å². The first kappa shape index (κ1) is 19.2. The Kier molecular flexibility index (Phi) is 5.35. The molecular formula is C21H21N5O2S. The lowest BCUT2D eigenvalue weighted by Gasteiger charge is -2.10. The molecule has 1 atom stereocenters. The number of nitrogens with two attached hydrogens (primary N) is 1. The highest BCUT2D eigenvalue weighted by Crippen LogP contribution is 2.40. The van der Waals surface area contributed by atoms with Crippen molar-refractivity contribution >= 4 is 29.3 Å². The first-order chi connectivity index (χ1) is 14.0. The van der Waals surface area contributed by atoms with Crippen LogP contribution in [0.15, 0.2) is 59.8 Å². The van der Waals surface area contributed by atoms with Crippen LogP contribution in [-0.2, 0) is 4.79 Å². The minimum Gasteiger partial charge on any atom is -0.366 e. The van der Waals surface area contributed by atoms with E-state index in [9.17, 15) is 9.59 Å². The van der Waals surface area contributed by atoms with E-state index in [0.717, 1.165) is 24.4 Å². The van der Waals surface area contributed by atoms with Crippen molar-refractivity contribution in [2.75, 3.05) is 5.32 Å². The van der Waals surface area contributed by atoms with Gasteiger partial charge in [0.15, 0.2) is 0 Å². The number of aromatic nitrogens is 3. The van der Waals surface area contributed by atoms with Crippen molar-refractivity contribution in [2.45, 2.75) is 36.1 Å². The maximum Gasteiger partial charge on any atom is 0.248 e. The highest BCUT2D eigenvalue weighted by atomic mass is 32.2. The summed E-state index contributed by atoms with van der Waals surface area (Å²) in [6.45, 7) is 1.82. The lowest BCUT2D eigenvalue weighted by Crippen LogP contribution is -2.22. The second-order valence-corrected chi connectivity index (χ2v) is 8.27. The van der Waals surface area contributed by atoms with Gasteiger partial charge in [0.05, 0.1) is 10.9 Å². The topological polar surface area (TPSA) is 103 Å². The highest BCUT2D eigenvalue weighted by molar-refractivity contribution is 8.00. The quantitative estimate of drug-likeness (QED) is 0.585. The van der Waals surface area contributed by atoms with Crippen molar-refractivity contribution in [3.63, 3.8) is 0 Å². The number of para-hydroxylation sites is 1. The fourth-order valence-corrected chi connectivity index (χ4v) is 3.65. The summed E-state index contributed by atoms with van der Waals surface area (Å²) in [6.07, 6.45) is 2.24. The van der Waals surface area contributed by atoms with Crippen LogP contribution in [0.2, 0.25) is 0 Å². The Morgan fingerprint density at radius 1 is 1.14 bits per heavy atom. The van der Waals surface area contributed by atoms with Gasteiger partial charge in [0.25, 0.3) is 0 Å². The molecule has 1 saturated carbocycles. The number of thioether (sulfide) groups is 1. The Bertz CT molecular complexity index is 1030. The molecule has 2 amide bonds. The third-order valence-electron chi connectivity index (χ3n) is 4.64. The van der Waals surface area contributed by atoms with Gasteiger partial charge in [-0.25, -0.2) is 9.67 Å². The van der Waals surface area contributed by atoms with E-state index in [-0.39, 0.29) is 11.2 Å². The fraction of sp³-hybridized carbons (Fsp3) is 0.238. The van der Waals surface area contributed by atoms with Crippen LogP contribution in [-0.4, -0.2) is 31.8 Å². The molecule has 1 aliphatic rings. The van der Waals surface area contributed by atoms with E-state index in [4.69, 9.17) is 10.7 Å². The summed E-state index contributed by atoms with van der Waals surface area (Å²) < 4.78 is 1.88. The molecule has 0 spiro atoms. The molecule has 2 aromatic carbocycles. The van der Waals surface area contributed by atoms with Gasteiger partial charge in [-0.2, -0.15) is 0 Å². The van der Waals surface area contributed by atoms with E-state index in [1.165, 1.54) is 11.8 Å². The first-order valence-electron chi connectivity index (χ1n) is 9.41. The van der Waals surface area contributed by atoms with Crippen LogP contribution in [0.1, 0.15) is 41.9 Å². The van der Waals surface area contributed by atoms with Crippen LogP contribution in [0.3, 0.4) is 0 Å². The molecule has 0 radical (unpaired) electrons. The highest BCUT2D eigenvalue weighted by Gasteiger charge is 2.31. The zero-order chi connectivity index (χ0) is 20.4. The van der Waals surface area contributed by atoms with Crippen LogP contribution in [0.4, 0.5) is 5.69 Å². The standard InChI is InChI=1S/C21H21N5O2S/c1-13(20(28)23-16-11-9-14(10-12-16)18(22)27)29-21-24-19(15-7-8-15)26(25-21)17-5-3-2-4-6-17/h2-6,9-13,15H,7-8H2,1H3,(H2,22,27)(H,23,28)/t13-/m1/s1. The molecule has 1 aromatic heterocycles. The predicted octanol–water partition coefficient (Wildman–Crippen LogP) is 3.36. The van der Waals surface area contributed by atoms with E-state index >= 15 is 0 Å². The Balaban J connectivity index is 1.46. The smallest absolute Gasteiger partial charge is 0.248 e. The molecule has 1 heterocycles. The minimum absolute atomic E-state index is 0.161. The van der Waals surface area contributed by atoms with E-state index in [1.807, 2.05) is 41.9 Å². The van der Waals surface area contributed by atoms with Crippen molar-refractivity contribution < 1.29 is 9.59 Å². The summed E-state index contributed by atoms with van der Waals surface area (Å²) in [5.74, 6) is 0.725. The van der Waals surface area contributed by atoms with Gasteiger partial charge in [0.1, 0.15) is 5.82 Å². The fourth-order valence-electron chi connectivity index (χ4n) is 2.89. The van der Waals surface area contributed by atoms with Crippen LogP contribution >= 0.6 is 11.8 Å². The molecule has 3 N–H and O–H groups in total. The summed E-state index contributed by atoms with van der Waals surface area (Å²) >= 11 is 1.32. The molecule has 29 heavy (non-hydrogen) atoms. The summed E-state index contributed by atoms with van der Waals surface area (Å²) in [7, 11) is 0. The van der Waals surface area contributed by atoms with E-state index in [1.54, 1.807) is 24.3 Å². The molecule has 0 bridgehead atoms. The van der Waals surface area contributed by atoms with Gasteiger partial charge < -0.3 is 11.1 Å². The number of carbonyl (C=O) groups excluding carboxylic acids is 2. The number of primary amides is 1. The minimum atomic E-state index is -0.502. The Morgan fingerprint density at radius 3 is 2.45 bits per heavy atom. The number of nitrogens with one attached hydrogen (secondary N) is 1. The number of nitrogens with zero attached hydrogens (tertiary/aromatic N) is 3. The molecule has 1 fully saturated rings. The van der Waals surface area contributed by atoms with Crippen molar-refractivity contribution in [3.8, 4) is 5.69 Å². The summed E-state index contributed by atoms with van der Waals surface area (Å²) in [5.41, 5.74) is 7.21. The van der Waals surface area contributed by atoms with Crippen LogP contribution in [0.25, 0.3) is 5.69 Å². The molecule has 8 heteroatoms. The van der Waals surface area contributed by atoms with Crippen LogP contribution < -0.4 is 11.1 Å². The SMILES string of the molecule is C[C@@H](Sc1nc(C2CC2)n(-c2ccccc2)n1)C(=O)Nc1ccc(C(N)=O)cc1. The number of hydrogen-bond donors (Lipinski definition) is 2. The summed E-state index contributed by atoms with van der Waals surface area (Å²) in [5, 5.41) is 7.68. The largest absolute Gasteiger partial charge is 0.366 e.